The molecule has 5 aromatic rings. The van der Waals surface area contributed by atoms with Crippen LogP contribution in [0, 0.1) is 0 Å². The molecule has 0 aliphatic heterocycles. The molecule has 0 radical (unpaired) electrons. The molecular weight excluding hydrogens is 342 g/mol. The van der Waals surface area contributed by atoms with Gasteiger partial charge in [0.15, 0.2) is 11.5 Å². The predicted octanol–water partition coefficient (Wildman–Crippen LogP) is 3.27. The van der Waals surface area contributed by atoms with E-state index in [1.54, 1.807) is 13.3 Å². The van der Waals surface area contributed by atoms with Gasteiger partial charge >= 0.3 is 5.69 Å². The van der Waals surface area contributed by atoms with Gasteiger partial charge in [-0.3, -0.25) is 0 Å². The standard InChI is InChI=1S/C20H15N5O2/c1-27-17-5-3-2-4-16(17)25-19-15(23-20(25)26)11-22-18(24-19)13-7-6-12-8-9-21-14(12)10-13/h2-11,21H,1H3,(H,23,26). The molecule has 0 unspecified atom stereocenters. The van der Waals surface area contributed by atoms with Crippen LogP contribution < -0.4 is 10.4 Å². The fraction of sp³-hybridized carbons (Fsp3) is 0.0500. The lowest BCUT2D eigenvalue weighted by molar-refractivity contribution is 0.413. The molecule has 0 aliphatic carbocycles. The average Bonchev–Trinajstić information content (AvgIpc) is 3.30. The summed E-state index contributed by atoms with van der Waals surface area (Å²) in [6, 6.07) is 15.3. The number of aromatic nitrogens is 5. The van der Waals surface area contributed by atoms with Crippen LogP contribution in [0.2, 0.25) is 0 Å². The first kappa shape index (κ1) is 15.4. The minimum Gasteiger partial charge on any atom is -0.495 e. The lowest BCUT2D eigenvalue weighted by atomic mass is 10.1. The maximum absolute atomic E-state index is 12.6. The van der Waals surface area contributed by atoms with Crippen molar-refractivity contribution in [1.29, 1.82) is 0 Å². The van der Waals surface area contributed by atoms with Crippen LogP contribution in [0.25, 0.3) is 39.1 Å². The number of rotatable bonds is 3. The monoisotopic (exact) mass is 357 g/mol. The van der Waals surface area contributed by atoms with Crippen LogP contribution in [0.1, 0.15) is 0 Å². The number of fused-ring (bicyclic) bond motifs is 2. The van der Waals surface area contributed by atoms with Crippen molar-refractivity contribution in [2.24, 2.45) is 0 Å². The van der Waals surface area contributed by atoms with Gasteiger partial charge in [0.2, 0.25) is 0 Å². The van der Waals surface area contributed by atoms with Crippen molar-refractivity contribution in [1.82, 2.24) is 24.5 Å². The molecule has 5 rings (SSSR count). The highest BCUT2D eigenvalue weighted by Gasteiger charge is 2.15. The number of methoxy groups -OCH3 is 1. The Bertz CT molecular complexity index is 1350. The van der Waals surface area contributed by atoms with Crippen molar-refractivity contribution < 1.29 is 4.74 Å². The SMILES string of the molecule is COc1ccccc1-n1c(=O)[nH]c2cnc(-c3ccc4cc[nH]c4c3)nc21. The molecule has 0 aliphatic rings. The van der Waals surface area contributed by atoms with Crippen LogP contribution in [-0.4, -0.2) is 31.6 Å². The number of benzene rings is 2. The quantitative estimate of drug-likeness (QED) is 0.519. The molecule has 2 N–H and O–H groups in total. The highest BCUT2D eigenvalue weighted by atomic mass is 16.5. The summed E-state index contributed by atoms with van der Waals surface area (Å²) in [6.07, 6.45) is 3.52. The van der Waals surface area contributed by atoms with Crippen LogP contribution >= 0.6 is 0 Å². The zero-order valence-corrected chi connectivity index (χ0v) is 14.4. The summed E-state index contributed by atoms with van der Waals surface area (Å²) in [7, 11) is 1.57. The Kier molecular flexibility index (Phi) is 3.33. The van der Waals surface area contributed by atoms with Crippen molar-refractivity contribution >= 4 is 22.1 Å². The molecule has 0 bridgehead atoms. The van der Waals surface area contributed by atoms with Gasteiger partial charge in [0, 0.05) is 17.3 Å². The third kappa shape index (κ3) is 2.40. The van der Waals surface area contributed by atoms with Crippen LogP contribution in [0.5, 0.6) is 5.75 Å². The first-order valence-corrected chi connectivity index (χ1v) is 8.43. The number of hydrogen-bond donors (Lipinski definition) is 2. The Morgan fingerprint density at radius 3 is 2.85 bits per heavy atom. The van der Waals surface area contributed by atoms with E-state index in [1.165, 1.54) is 4.57 Å². The van der Waals surface area contributed by atoms with Crippen molar-refractivity contribution in [2.75, 3.05) is 7.11 Å². The van der Waals surface area contributed by atoms with Crippen molar-refractivity contribution in [3.8, 4) is 22.8 Å². The Labute approximate surface area is 153 Å². The highest BCUT2D eigenvalue weighted by molar-refractivity contribution is 5.84. The summed E-state index contributed by atoms with van der Waals surface area (Å²) in [4.78, 5) is 27.6. The van der Waals surface area contributed by atoms with E-state index in [2.05, 4.69) is 19.9 Å². The Hall–Kier alpha value is -3.87. The third-order valence-corrected chi connectivity index (χ3v) is 4.56. The largest absolute Gasteiger partial charge is 0.495 e. The zero-order valence-electron chi connectivity index (χ0n) is 14.4. The van der Waals surface area contributed by atoms with Crippen LogP contribution in [0.15, 0.2) is 65.7 Å². The number of aromatic amines is 2. The van der Waals surface area contributed by atoms with Gasteiger partial charge in [0.05, 0.1) is 19.0 Å². The van der Waals surface area contributed by atoms with E-state index in [4.69, 9.17) is 4.74 Å². The molecule has 27 heavy (non-hydrogen) atoms. The topological polar surface area (TPSA) is 88.6 Å². The predicted molar refractivity (Wildman–Crippen MR) is 103 cm³/mol. The highest BCUT2D eigenvalue weighted by Crippen LogP contribution is 2.25. The van der Waals surface area contributed by atoms with Gasteiger partial charge in [-0.1, -0.05) is 24.3 Å². The minimum atomic E-state index is -0.291. The molecular formula is C20H15N5O2. The van der Waals surface area contributed by atoms with Crippen molar-refractivity contribution in [3.05, 3.63) is 71.4 Å². The van der Waals surface area contributed by atoms with Crippen LogP contribution in [0.4, 0.5) is 0 Å². The van der Waals surface area contributed by atoms with Gasteiger partial charge < -0.3 is 14.7 Å². The maximum atomic E-state index is 12.6. The summed E-state index contributed by atoms with van der Waals surface area (Å²) in [5.41, 5.74) is 3.28. The van der Waals surface area contributed by atoms with E-state index in [1.807, 2.05) is 54.7 Å². The summed E-state index contributed by atoms with van der Waals surface area (Å²) < 4.78 is 6.91. The number of hydrogen-bond acceptors (Lipinski definition) is 4. The van der Waals surface area contributed by atoms with E-state index in [-0.39, 0.29) is 5.69 Å². The molecule has 0 saturated carbocycles. The third-order valence-electron chi connectivity index (χ3n) is 4.56. The summed E-state index contributed by atoms with van der Waals surface area (Å²) in [6.45, 7) is 0. The fourth-order valence-electron chi connectivity index (χ4n) is 3.26. The van der Waals surface area contributed by atoms with E-state index < -0.39 is 0 Å². The number of imidazole rings is 1. The Morgan fingerprint density at radius 2 is 1.96 bits per heavy atom. The Balaban J connectivity index is 1.74. The summed E-state index contributed by atoms with van der Waals surface area (Å²) >= 11 is 0. The molecule has 7 heteroatoms. The summed E-state index contributed by atoms with van der Waals surface area (Å²) in [5.74, 6) is 1.13. The molecule has 132 valence electrons. The molecule has 0 atom stereocenters. The maximum Gasteiger partial charge on any atom is 0.332 e. The fourth-order valence-corrected chi connectivity index (χ4v) is 3.26. The van der Waals surface area contributed by atoms with Crippen molar-refractivity contribution in [2.45, 2.75) is 0 Å². The number of H-pyrrole nitrogens is 2. The van der Waals surface area contributed by atoms with Gasteiger partial charge in [0.1, 0.15) is 11.3 Å². The lowest BCUT2D eigenvalue weighted by Gasteiger charge is -2.09. The smallest absolute Gasteiger partial charge is 0.332 e. The zero-order chi connectivity index (χ0) is 18.4. The molecule has 0 spiro atoms. The van der Waals surface area contributed by atoms with E-state index in [0.29, 0.717) is 28.4 Å². The molecule has 3 heterocycles. The van der Waals surface area contributed by atoms with Crippen LogP contribution in [0.3, 0.4) is 0 Å². The second-order valence-corrected chi connectivity index (χ2v) is 6.15. The Morgan fingerprint density at radius 1 is 1.07 bits per heavy atom. The number of para-hydroxylation sites is 2. The second kappa shape index (κ2) is 5.84. The lowest BCUT2D eigenvalue weighted by Crippen LogP contribution is -2.15. The van der Waals surface area contributed by atoms with Gasteiger partial charge in [0.25, 0.3) is 0 Å². The molecule has 3 aromatic heterocycles. The van der Waals surface area contributed by atoms with Crippen LogP contribution in [-0.2, 0) is 0 Å². The van der Waals surface area contributed by atoms with Gasteiger partial charge in [-0.05, 0) is 29.7 Å². The summed E-state index contributed by atoms with van der Waals surface area (Å²) in [5, 5.41) is 1.12. The number of nitrogens with zero attached hydrogens (tertiary/aromatic N) is 3. The van der Waals surface area contributed by atoms with E-state index in [0.717, 1.165) is 16.5 Å². The molecule has 0 amide bonds. The minimum absolute atomic E-state index is 0.291. The van der Waals surface area contributed by atoms with Crippen molar-refractivity contribution in [3.63, 3.8) is 0 Å². The van der Waals surface area contributed by atoms with Gasteiger partial charge in [-0.25, -0.2) is 19.3 Å². The first-order valence-electron chi connectivity index (χ1n) is 8.43. The second-order valence-electron chi connectivity index (χ2n) is 6.15. The van der Waals surface area contributed by atoms with Gasteiger partial charge in [-0.15, -0.1) is 0 Å². The molecule has 2 aromatic carbocycles. The van der Waals surface area contributed by atoms with Gasteiger partial charge in [-0.2, -0.15) is 0 Å². The van der Waals surface area contributed by atoms with E-state index in [9.17, 15) is 4.79 Å². The molecule has 7 nitrogen and oxygen atoms in total. The van der Waals surface area contributed by atoms with E-state index >= 15 is 0 Å². The number of ether oxygens (including phenoxy) is 1. The first-order chi connectivity index (χ1) is 13.2. The molecule has 0 fully saturated rings. The number of nitrogens with one attached hydrogen (secondary N) is 2. The molecule has 0 saturated heterocycles. The average molecular weight is 357 g/mol. The normalized spacial score (nSPS) is 11.3.